The zero-order valence-electron chi connectivity index (χ0n) is 14.4. The molecular formula is C18H22Br2N2O2S2. The zero-order valence-corrected chi connectivity index (χ0v) is 19.2. The number of nitrogens with two attached hydrogens (primary N) is 1. The Labute approximate surface area is 179 Å². The lowest BCUT2D eigenvalue weighted by Gasteiger charge is -2.21. The number of carbonyl (C=O) groups is 2. The van der Waals surface area contributed by atoms with Gasteiger partial charge < -0.3 is 10.6 Å². The van der Waals surface area contributed by atoms with Crippen molar-refractivity contribution < 1.29 is 9.59 Å². The molecule has 0 saturated carbocycles. The summed E-state index contributed by atoms with van der Waals surface area (Å²) in [6.45, 7) is 2.86. The van der Waals surface area contributed by atoms with E-state index in [9.17, 15) is 9.59 Å². The smallest absolute Gasteiger partial charge is 0.174 e. The molecule has 0 radical (unpaired) electrons. The lowest BCUT2D eigenvalue weighted by atomic mass is 10.2. The number of hydrogen-bond donors (Lipinski definition) is 1. The number of halogens is 2. The zero-order chi connectivity index (χ0) is 18.9. The van der Waals surface area contributed by atoms with Crippen molar-refractivity contribution >= 4 is 66.1 Å². The third-order valence-corrected chi connectivity index (χ3v) is 7.26. The monoisotopic (exact) mass is 520 g/mol. The van der Waals surface area contributed by atoms with Gasteiger partial charge in [-0.1, -0.05) is 0 Å². The minimum atomic E-state index is 0.151. The number of Topliss-reactive ketones (excluding diaryl/α,β-unsaturated/α-hetero) is 2. The molecule has 0 saturated heterocycles. The van der Waals surface area contributed by atoms with Gasteiger partial charge in [-0.25, -0.2) is 0 Å². The largest absolute Gasteiger partial charge is 0.330 e. The van der Waals surface area contributed by atoms with Crippen molar-refractivity contribution in [3.8, 4) is 0 Å². The minimum Gasteiger partial charge on any atom is -0.330 e. The fourth-order valence-corrected chi connectivity index (χ4v) is 5.22. The second-order valence-electron chi connectivity index (χ2n) is 5.89. The summed E-state index contributed by atoms with van der Waals surface area (Å²) in [4.78, 5) is 28.4. The van der Waals surface area contributed by atoms with Crippen LogP contribution in [0.5, 0.6) is 0 Å². The van der Waals surface area contributed by atoms with E-state index in [1.54, 1.807) is 0 Å². The number of ketones is 2. The van der Waals surface area contributed by atoms with Gasteiger partial charge >= 0.3 is 0 Å². The summed E-state index contributed by atoms with van der Waals surface area (Å²) in [6.07, 6.45) is 2.87. The van der Waals surface area contributed by atoms with Gasteiger partial charge in [0.05, 0.1) is 17.3 Å². The van der Waals surface area contributed by atoms with Gasteiger partial charge in [0.15, 0.2) is 11.6 Å². The van der Waals surface area contributed by atoms with Crippen LogP contribution in [-0.4, -0.2) is 42.6 Å². The van der Waals surface area contributed by atoms with E-state index < -0.39 is 0 Å². The Morgan fingerprint density at radius 2 is 1.35 bits per heavy atom. The Morgan fingerprint density at radius 3 is 1.73 bits per heavy atom. The Kier molecular flexibility index (Phi) is 9.66. The van der Waals surface area contributed by atoms with Crippen molar-refractivity contribution in [3.63, 3.8) is 0 Å². The molecule has 4 nitrogen and oxygen atoms in total. The molecule has 8 heteroatoms. The summed E-state index contributed by atoms with van der Waals surface area (Å²) in [5.74, 6) is 0.302. The van der Waals surface area contributed by atoms with Crippen LogP contribution in [0.2, 0.25) is 0 Å². The van der Waals surface area contributed by atoms with E-state index in [0.717, 1.165) is 36.7 Å². The fourth-order valence-electron chi connectivity index (χ4n) is 2.51. The molecule has 2 N–H and O–H groups in total. The maximum Gasteiger partial charge on any atom is 0.174 e. The Morgan fingerprint density at radius 1 is 0.846 bits per heavy atom. The van der Waals surface area contributed by atoms with Crippen LogP contribution in [0.25, 0.3) is 0 Å². The van der Waals surface area contributed by atoms with Crippen LogP contribution < -0.4 is 5.73 Å². The molecule has 26 heavy (non-hydrogen) atoms. The molecule has 0 aliphatic carbocycles. The SMILES string of the molecule is NCCCCN(CCC(=O)c1ccc(Br)s1)CCC(=O)c1ccc(Br)s1. The molecule has 2 heterocycles. The van der Waals surface area contributed by atoms with Crippen LogP contribution in [0, 0.1) is 0 Å². The molecule has 0 unspecified atom stereocenters. The summed E-state index contributed by atoms with van der Waals surface area (Å²) >= 11 is 9.71. The molecule has 142 valence electrons. The summed E-state index contributed by atoms with van der Waals surface area (Å²) < 4.78 is 1.93. The van der Waals surface area contributed by atoms with Gasteiger partial charge in [-0.05, 0) is 82.1 Å². The number of rotatable bonds is 12. The Hall–Kier alpha value is -0.380. The van der Waals surface area contributed by atoms with E-state index in [1.807, 2.05) is 24.3 Å². The highest BCUT2D eigenvalue weighted by Gasteiger charge is 2.15. The van der Waals surface area contributed by atoms with Crippen molar-refractivity contribution in [2.45, 2.75) is 25.7 Å². The predicted octanol–water partition coefficient (Wildman–Crippen LogP) is 5.22. The van der Waals surface area contributed by atoms with E-state index >= 15 is 0 Å². The standard InChI is InChI=1S/C18H22Br2N2O2S2/c19-17-5-3-15(25-17)13(23)7-11-22(10-2-1-9-21)12-8-14(24)16-4-6-18(20)26-16/h3-6H,1-2,7-12,21H2. The number of carbonyl (C=O) groups excluding carboxylic acids is 2. The molecular weight excluding hydrogens is 500 g/mol. The van der Waals surface area contributed by atoms with E-state index in [2.05, 4.69) is 36.8 Å². The highest BCUT2D eigenvalue weighted by molar-refractivity contribution is 9.11. The molecule has 0 bridgehead atoms. The quantitative estimate of drug-likeness (QED) is 0.307. The van der Waals surface area contributed by atoms with Crippen molar-refractivity contribution in [2.75, 3.05) is 26.2 Å². The van der Waals surface area contributed by atoms with Gasteiger partial charge in [0.25, 0.3) is 0 Å². The van der Waals surface area contributed by atoms with E-state index in [0.29, 0.717) is 32.5 Å². The molecule has 0 aromatic carbocycles. The van der Waals surface area contributed by atoms with Gasteiger partial charge in [-0.2, -0.15) is 0 Å². The van der Waals surface area contributed by atoms with E-state index in [1.165, 1.54) is 22.7 Å². The maximum atomic E-state index is 12.3. The van der Waals surface area contributed by atoms with E-state index in [4.69, 9.17) is 5.73 Å². The summed E-state index contributed by atoms with van der Waals surface area (Å²) in [7, 11) is 0. The first kappa shape index (κ1) is 21.9. The average molecular weight is 522 g/mol. The second-order valence-corrected chi connectivity index (χ2v) is 10.8. The molecule has 0 atom stereocenters. The van der Waals surface area contributed by atoms with Crippen molar-refractivity contribution in [3.05, 3.63) is 41.6 Å². The normalized spacial score (nSPS) is 11.2. The van der Waals surface area contributed by atoms with Crippen molar-refractivity contribution in [1.29, 1.82) is 0 Å². The Balaban J connectivity index is 1.85. The molecule has 2 aromatic rings. The van der Waals surface area contributed by atoms with Crippen LogP contribution in [0.1, 0.15) is 45.0 Å². The first-order valence-electron chi connectivity index (χ1n) is 8.49. The molecule has 0 fully saturated rings. The highest BCUT2D eigenvalue weighted by atomic mass is 79.9. The lowest BCUT2D eigenvalue weighted by Crippen LogP contribution is -2.30. The van der Waals surface area contributed by atoms with E-state index in [-0.39, 0.29) is 11.6 Å². The van der Waals surface area contributed by atoms with Gasteiger partial charge in [0.2, 0.25) is 0 Å². The van der Waals surface area contributed by atoms with Crippen molar-refractivity contribution in [2.24, 2.45) is 5.73 Å². The molecule has 2 aromatic heterocycles. The van der Waals surface area contributed by atoms with Gasteiger partial charge in [0.1, 0.15) is 0 Å². The number of unbranched alkanes of at least 4 members (excludes halogenated alkanes) is 1. The molecule has 0 aliphatic heterocycles. The van der Waals surface area contributed by atoms with Crippen LogP contribution in [0.15, 0.2) is 31.8 Å². The topological polar surface area (TPSA) is 63.4 Å². The first-order chi connectivity index (χ1) is 12.5. The predicted molar refractivity (Wildman–Crippen MR) is 117 cm³/mol. The highest BCUT2D eigenvalue weighted by Crippen LogP contribution is 2.24. The number of nitrogens with zero attached hydrogens (tertiary/aromatic N) is 1. The fraction of sp³-hybridized carbons (Fsp3) is 0.444. The summed E-state index contributed by atoms with van der Waals surface area (Å²) in [5.41, 5.74) is 5.58. The summed E-state index contributed by atoms with van der Waals surface area (Å²) in [6, 6.07) is 7.51. The molecule has 0 amide bonds. The van der Waals surface area contributed by atoms with Gasteiger partial charge in [-0.15, -0.1) is 22.7 Å². The number of hydrogen-bond acceptors (Lipinski definition) is 6. The van der Waals surface area contributed by atoms with Crippen molar-refractivity contribution in [1.82, 2.24) is 4.90 Å². The van der Waals surface area contributed by atoms with Crippen LogP contribution >= 0.6 is 54.5 Å². The minimum absolute atomic E-state index is 0.151. The van der Waals surface area contributed by atoms with Crippen LogP contribution in [0.4, 0.5) is 0 Å². The second kappa shape index (κ2) is 11.5. The lowest BCUT2D eigenvalue weighted by molar-refractivity contribution is 0.0950. The number of thiophene rings is 2. The van der Waals surface area contributed by atoms with Crippen LogP contribution in [-0.2, 0) is 0 Å². The molecule has 0 spiro atoms. The maximum absolute atomic E-state index is 12.3. The van der Waals surface area contributed by atoms with Crippen LogP contribution in [0.3, 0.4) is 0 Å². The summed E-state index contributed by atoms with van der Waals surface area (Å²) in [5, 5.41) is 0. The molecule has 2 rings (SSSR count). The Bertz CT molecular complexity index is 674. The average Bonchev–Trinajstić information content (AvgIpc) is 3.25. The molecule has 0 aliphatic rings. The third kappa shape index (κ3) is 7.32. The van der Waals surface area contributed by atoms with Gasteiger partial charge in [0, 0.05) is 25.9 Å². The van der Waals surface area contributed by atoms with Gasteiger partial charge in [-0.3, -0.25) is 9.59 Å². The third-order valence-electron chi connectivity index (χ3n) is 3.93. The first-order valence-corrected chi connectivity index (χ1v) is 11.7.